The zero-order valence-corrected chi connectivity index (χ0v) is 20.0. The third-order valence-electron chi connectivity index (χ3n) is 6.18. The second kappa shape index (κ2) is 11.1. The Morgan fingerprint density at radius 3 is 2.56 bits per heavy atom. The normalized spacial score (nSPS) is 11.5. The van der Waals surface area contributed by atoms with Crippen molar-refractivity contribution in [2.75, 3.05) is 19.6 Å². The van der Waals surface area contributed by atoms with Crippen molar-refractivity contribution < 1.29 is 4.79 Å². The van der Waals surface area contributed by atoms with E-state index in [1.54, 1.807) is 6.20 Å². The number of carbonyl (C=O) groups excluding carboxylic acids is 1. The van der Waals surface area contributed by atoms with Crippen molar-refractivity contribution >= 4 is 27.7 Å². The van der Waals surface area contributed by atoms with Gasteiger partial charge in [-0.05, 0) is 31.0 Å². The monoisotopic (exact) mass is 459 g/mol. The van der Waals surface area contributed by atoms with Gasteiger partial charge in [0.25, 0.3) is 5.56 Å². The van der Waals surface area contributed by atoms with Crippen molar-refractivity contribution in [2.45, 2.75) is 46.3 Å². The Labute approximate surface area is 200 Å². The molecule has 2 heterocycles. The van der Waals surface area contributed by atoms with Crippen LogP contribution in [0, 0.1) is 0 Å². The van der Waals surface area contributed by atoms with Gasteiger partial charge in [-0.15, -0.1) is 0 Å². The highest BCUT2D eigenvalue weighted by atomic mass is 16.2. The van der Waals surface area contributed by atoms with Gasteiger partial charge in [0.1, 0.15) is 12.1 Å². The van der Waals surface area contributed by atoms with Gasteiger partial charge in [-0.3, -0.25) is 14.5 Å². The van der Waals surface area contributed by atoms with Gasteiger partial charge < -0.3 is 9.88 Å². The summed E-state index contributed by atoms with van der Waals surface area (Å²) in [5, 5.41) is 9.11. The van der Waals surface area contributed by atoms with Gasteiger partial charge in [0.2, 0.25) is 5.91 Å². The molecule has 0 saturated carbocycles. The first-order chi connectivity index (χ1) is 16.6. The Morgan fingerprint density at radius 1 is 1.03 bits per heavy atom. The summed E-state index contributed by atoms with van der Waals surface area (Å²) >= 11 is 0. The van der Waals surface area contributed by atoms with Crippen LogP contribution in [0.1, 0.15) is 32.3 Å². The summed E-state index contributed by atoms with van der Waals surface area (Å²) in [6.07, 6.45) is 3.47. The Morgan fingerprint density at radius 2 is 1.79 bits per heavy atom. The number of amides is 1. The van der Waals surface area contributed by atoms with Crippen LogP contribution in [0.3, 0.4) is 0 Å². The van der Waals surface area contributed by atoms with Crippen LogP contribution in [0.25, 0.3) is 21.8 Å². The van der Waals surface area contributed by atoms with Crippen molar-refractivity contribution in [3.63, 3.8) is 0 Å². The van der Waals surface area contributed by atoms with Gasteiger partial charge in [-0.2, -0.15) is 5.10 Å². The number of hydrogen-bond donors (Lipinski definition) is 1. The topological polar surface area (TPSA) is 72.2 Å². The van der Waals surface area contributed by atoms with E-state index in [1.807, 2.05) is 30.3 Å². The molecular weight excluding hydrogens is 426 g/mol. The van der Waals surface area contributed by atoms with Crippen LogP contribution >= 0.6 is 0 Å². The maximum absolute atomic E-state index is 13.3. The molecule has 178 valence electrons. The van der Waals surface area contributed by atoms with Crippen molar-refractivity contribution in [3.8, 4) is 0 Å². The number of para-hydroxylation sites is 1. The van der Waals surface area contributed by atoms with Crippen LogP contribution in [-0.2, 0) is 24.4 Å². The van der Waals surface area contributed by atoms with E-state index in [-0.39, 0.29) is 18.0 Å². The van der Waals surface area contributed by atoms with Crippen LogP contribution in [0.4, 0.5) is 0 Å². The predicted octanol–water partition coefficient (Wildman–Crippen LogP) is 3.79. The third-order valence-corrected chi connectivity index (χ3v) is 6.18. The van der Waals surface area contributed by atoms with Gasteiger partial charge >= 0.3 is 0 Å². The molecule has 34 heavy (non-hydrogen) atoms. The fraction of sp³-hybridized carbons (Fsp3) is 0.370. The molecule has 0 saturated heterocycles. The second-order valence-corrected chi connectivity index (χ2v) is 8.60. The minimum atomic E-state index is -0.225. The molecule has 2 aromatic heterocycles. The van der Waals surface area contributed by atoms with Gasteiger partial charge in [-0.1, -0.05) is 62.4 Å². The standard InChI is InChI=1S/C27H33N5O2/c1-3-16-31-24-14-9-8-13-22(24)23-18-29-32(27(34)26(23)31)20-25(33)28-15-10-17-30(4-2)19-21-11-6-5-7-12-21/h5-9,11-14,18H,3-4,10,15-17,19-20H2,1-2H3,(H,28,33). The molecule has 4 rings (SSSR count). The summed E-state index contributed by atoms with van der Waals surface area (Å²) in [5.41, 5.74) is 2.70. The first kappa shape index (κ1) is 23.7. The number of aryl methyl sites for hydroxylation is 1. The highest BCUT2D eigenvalue weighted by Gasteiger charge is 2.16. The summed E-state index contributed by atoms with van der Waals surface area (Å²) in [5.74, 6) is -0.196. The van der Waals surface area contributed by atoms with Crippen LogP contribution in [0.5, 0.6) is 0 Å². The first-order valence-corrected chi connectivity index (χ1v) is 12.1. The lowest BCUT2D eigenvalue weighted by molar-refractivity contribution is -0.121. The fourth-order valence-electron chi connectivity index (χ4n) is 4.48. The number of fused-ring (bicyclic) bond motifs is 3. The molecule has 0 atom stereocenters. The maximum atomic E-state index is 13.3. The van der Waals surface area contributed by atoms with Crippen molar-refractivity contribution in [2.24, 2.45) is 0 Å². The Kier molecular flexibility index (Phi) is 7.75. The molecule has 1 amide bonds. The molecule has 0 radical (unpaired) electrons. The number of aromatic nitrogens is 3. The van der Waals surface area contributed by atoms with E-state index in [0.29, 0.717) is 12.1 Å². The Hall–Kier alpha value is -3.45. The highest BCUT2D eigenvalue weighted by molar-refractivity contribution is 6.07. The summed E-state index contributed by atoms with van der Waals surface area (Å²) in [7, 11) is 0. The molecule has 0 aliphatic carbocycles. The Balaban J connectivity index is 1.38. The van der Waals surface area contributed by atoms with E-state index in [0.717, 1.165) is 55.3 Å². The quantitative estimate of drug-likeness (QED) is 0.347. The molecule has 2 aromatic carbocycles. The smallest absolute Gasteiger partial charge is 0.291 e. The molecule has 7 heteroatoms. The van der Waals surface area contributed by atoms with Gasteiger partial charge in [0.05, 0.1) is 6.20 Å². The molecule has 1 N–H and O–H groups in total. The van der Waals surface area contributed by atoms with Gasteiger partial charge in [0, 0.05) is 42.5 Å². The van der Waals surface area contributed by atoms with Gasteiger partial charge in [0.15, 0.2) is 0 Å². The highest BCUT2D eigenvalue weighted by Crippen LogP contribution is 2.26. The van der Waals surface area contributed by atoms with Gasteiger partial charge in [-0.25, -0.2) is 4.68 Å². The zero-order valence-electron chi connectivity index (χ0n) is 20.0. The van der Waals surface area contributed by atoms with Crippen LogP contribution in [-0.4, -0.2) is 44.8 Å². The minimum absolute atomic E-state index is 0.0794. The predicted molar refractivity (Wildman–Crippen MR) is 137 cm³/mol. The lowest BCUT2D eigenvalue weighted by Crippen LogP contribution is -2.35. The van der Waals surface area contributed by atoms with Crippen molar-refractivity contribution in [3.05, 3.63) is 76.7 Å². The van der Waals surface area contributed by atoms with E-state index in [4.69, 9.17) is 0 Å². The summed E-state index contributed by atoms with van der Waals surface area (Å²) in [6, 6.07) is 18.4. The van der Waals surface area contributed by atoms with E-state index in [9.17, 15) is 9.59 Å². The van der Waals surface area contributed by atoms with E-state index in [2.05, 4.69) is 58.0 Å². The van der Waals surface area contributed by atoms with Crippen LogP contribution in [0.15, 0.2) is 65.6 Å². The summed E-state index contributed by atoms with van der Waals surface area (Å²) in [4.78, 5) is 28.2. The number of carbonyl (C=O) groups is 1. The molecule has 0 bridgehead atoms. The molecule has 0 unspecified atom stereocenters. The molecule has 0 aliphatic heterocycles. The zero-order chi connectivity index (χ0) is 23.9. The maximum Gasteiger partial charge on any atom is 0.291 e. The molecule has 0 aliphatic rings. The van der Waals surface area contributed by atoms with Crippen LogP contribution in [0.2, 0.25) is 0 Å². The molecule has 0 spiro atoms. The average molecular weight is 460 g/mol. The number of nitrogens with one attached hydrogen (secondary N) is 1. The molecule has 4 aromatic rings. The number of hydrogen-bond acceptors (Lipinski definition) is 4. The van der Waals surface area contributed by atoms with E-state index >= 15 is 0 Å². The van der Waals surface area contributed by atoms with Crippen LogP contribution < -0.4 is 10.9 Å². The average Bonchev–Trinajstić information content (AvgIpc) is 3.18. The lowest BCUT2D eigenvalue weighted by Gasteiger charge is -2.20. The lowest BCUT2D eigenvalue weighted by atomic mass is 10.2. The summed E-state index contributed by atoms with van der Waals surface area (Å²) in [6.45, 7) is 8.21. The summed E-state index contributed by atoms with van der Waals surface area (Å²) < 4.78 is 3.33. The largest absolute Gasteiger partial charge is 0.354 e. The number of rotatable bonds is 11. The molecular formula is C27H33N5O2. The van der Waals surface area contributed by atoms with Crippen molar-refractivity contribution in [1.29, 1.82) is 0 Å². The van der Waals surface area contributed by atoms with Crippen molar-refractivity contribution in [1.82, 2.24) is 24.6 Å². The fourth-order valence-corrected chi connectivity index (χ4v) is 4.48. The number of benzene rings is 2. The molecule has 0 fully saturated rings. The number of nitrogens with zero attached hydrogens (tertiary/aromatic N) is 4. The first-order valence-electron chi connectivity index (χ1n) is 12.1. The third kappa shape index (κ3) is 5.20. The van der Waals surface area contributed by atoms with E-state index < -0.39 is 0 Å². The van der Waals surface area contributed by atoms with E-state index in [1.165, 1.54) is 10.2 Å². The SMILES string of the molecule is CCCn1c2ccccc2c2cnn(CC(=O)NCCCN(CC)Cc3ccccc3)c(=O)c21. The second-order valence-electron chi connectivity index (χ2n) is 8.60. The molecule has 7 nitrogen and oxygen atoms in total. The minimum Gasteiger partial charge on any atom is -0.354 e. The Bertz CT molecular complexity index is 1310.